The van der Waals surface area contributed by atoms with Gasteiger partial charge < -0.3 is 5.32 Å². The van der Waals surface area contributed by atoms with Crippen molar-refractivity contribution in [3.8, 4) is 0 Å². The molecule has 100 valence electrons. The molecule has 3 heteroatoms. The van der Waals surface area contributed by atoms with Gasteiger partial charge in [0, 0.05) is 19.3 Å². The predicted molar refractivity (Wildman–Crippen MR) is 73.3 cm³/mol. The summed E-state index contributed by atoms with van der Waals surface area (Å²) in [4.78, 5) is 0. The maximum Gasteiger partial charge on any atom is 0.0522 e. The molecule has 0 saturated heterocycles. The van der Waals surface area contributed by atoms with Crippen molar-refractivity contribution in [2.24, 2.45) is 24.8 Å². The van der Waals surface area contributed by atoms with Crippen molar-refractivity contribution >= 4 is 0 Å². The van der Waals surface area contributed by atoms with Crippen LogP contribution in [0.5, 0.6) is 0 Å². The Balaban J connectivity index is 1.68. The van der Waals surface area contributed by atoms with Crippen molar-refractivity contribution in [2.45, 2.75) is 45.1 Å². The third-order valence-corrected chi connectivity index (χ3v) is 4.99. The van der Waals surface area contributed by atoms with Crippen molar-refractivity contribution in [1.29, 1.82) is 0 Å². The lowest BCUT2D eigenvalue weighted by molar-refractivity contribution is 0.249. The molecule has 0 radical (unpaired) electrons. The summed E-state index contributed by atoms with van der Waals surface area (Å²) in [5.74, 6) is 2.94. The van der Waals surface area contributed by atoms with Gasteiger partial charge in [-0.1, -0.05) is 13.3 Å². The summed E-state index contributed by atoms with van der Waals surface area (Å²) in [6, 6.07) is 0.662. The molecule has 0 spiro atoms. The van der Waals surface area contributed by atoms with Crippen LogP contribution in [0.25, 0.3) is 0 Å². The first-order valence-corrected chi connectivity index (χ1v) is 7.47. The van der Waals surface area contributed by atoms with Gasteiger partial charge in [0.1, 0.15) is 0 Å². The summed E-state index contributed by atoms with van der Waals surface area (Å²) in [6.45, 7) is 3.31. The molecule has 3 nitrogen and oxygen atoms in total. The fourth-order valence-corrected chi connectivity index (χ4v) is 4.26. The SMILES string of the molecule is CCNC(Cc1cnn(C)c1)C1CC2CCC1C2. The molecule has 2 aliphatic carbocycles. The van der Waals surface area contributed by atoms with Crippen molar-refractivity contribution in [3.05, 3.63) is 18.0 Å². The molecular weight excluding hydrogens is 222 g/mol. The molecule has 2 aliphatic rings. The molecule has 4 unspecified atom stereocenters. The molecule has 3 rings (SSSR count). The minimum Gasteiger partial charge on any atom is -0.314 e. The van der Waals surface area contributed by atoms with Crippen molar-refractivity contribution < 1.29 is 0 Å². The predicted octanol–water partition coefficient (Wildman–Crippen LogP) is 2.38. The monoisotopic (exact) mass is 247 g/mol. The number of nitrogens with zero attached hydrogens (tertiary/aromatic N) is 2. The molecular formula is C15H25N3. The molecule has 2 fully saturated rings. The van der Waals surface area contributed by atoms with E-state index in [-0.39, 0.29) is 0 Å². The van der Waals surface area contributed by atoms with Gasteiger partial charge in [-0.05, 0) is 55.5 Å². The highest BCUT2D eigenvalue weighted by atomic mass is 15.2. The number of likely N-dealkylation sites (N-methyl/N-ethyl adjacent to an activating group) is 1. The van der Waals surface area contributed by atoms with E-state index in [1.807, 2.05) is 17.9 Å². The lowest BCUT2D eigenvalue weighted by atomic mass is 9.81. The molecule has 2 bridgehead atoms. The maximum atomic E-state index is 4.29. The highest BCUT2D eigenvalue weighted by Gasteiger charge is 2.42. The van der Waals surface area contributed by atoms with Crippen molar-refractivity contribution in [2.75, 3.05) is 6.54 Å². The second kappa shape index (κ2) is 5.04. The number of hydrogen-bond acceptors (Lipinski definition) is 2. The van der Waals surface area contributed by atoms with E-state index < -0.39 is 0 Å². The van der Waals surface area contributed by atoms with E-state index in [0.29, 0.717) is 6.04 Å². The van der Waals surface area contributed by atoms with Gasteiger partial charge in [0.25, 0.3) is 0 Å². The van der Waals surface area contributed by atoms with Gasteiger partial charge in [0.2, 0.25) is 0 Å². The Morgan fingerprint density at radius 2 is 2.33 bits per heavy atom. The number of aromatic nitrogens is 2. The highest BCUT2D eigenvalue weighted by Crippen LogP contribution is 2.49. The van der Waals surface area contributed by atoms with E-state index in [4.69, 9.17) is 0 Å². The molecule has 2 saturated carbocycles. The first kappa shape index (κ1) is 12.2. The Bertz CT molecular complexity index is 398. The Labute approximate surface area is 110 Å². The van der Waals surface area contributed by atoms with Crippen LogP contribution in [-0.4, -0.2) is 22.4 Å². The second-order valence-corrected chi connectivity index (χ2v) is 6.23. The summed E-state index contributed by atoms with van der Waals surface area (Å²) in [7, 11) is 2.00. The van der Waals surface area contributed by atoms with Gasteiger partial charge in [0.05, 0.1) is 6.20 Å². The Hall–Kier alpha value is -0.830. The van der Waals surface area contributed by atoms with Crippen LogP contribution in [0.3, 0.4) is 0 Å². The van der Waals surface area contributed by atoms with Gasteiger partial charge in [-0.25, -0.2) is 0 Å². The number of fused-ring (bicyclic) bond motifs is 2. The number of hydrogen-bond donors (Lipinski definition) is 1. The van der Waals surface area contributed by atoms with Crippen LogP contribution in [0.2, 0.25) is 0 Å². The quantitative estimate of drug-likeness (QED) is 0.866. The molecule has 4 atom stereocenters. The van der Waals surface area contributed by atoms with Crippen LogP contribution in [0, 0.1) is 17.8 Å². The Kier molecular flexibility index (Phi) is 3.42. The standard InChI is InChI=1S/C15H25N3/c1-3-16-15(8-12-9-17-18(2)10-12)14-7-11-4-5-13(14)6-11/h9-11,13-16H,3-8H2,1-2H3. The summed E-state index contributed by atoms with van der Waals surface area (Å²) >= 11 is 0. The normalized spacial score (nSPS) is 32.0. The van der Waals surface area contributed by atoms with E-state index in [2.05, 4.69) is 23.5 Å². The number of aryl methyl sites for hydroxylation is 1. The van der Waals surface area contributed by atoms with E-state index >= 15 is 0 Å². The second-order valence-electron chi connectivity index (χ2n) is 6.23. The smallest absolute Gasteiger partial charge is 0.0522 e. The highest BCUT2D eigenvalue weighted by molar-refractivity contribution is 5.08. The molecule has 1 N–H and O–H groups in total. The van der Waals surface area contributed by atoms with E-state index in [9.17, 15) is 0 Å². The third kappa shape index (κ3) is 2.33. The summed E-state index contributed by atoms with van der Waals surface area (Å²) < 4.78 is 1.92. The molecule has 0 aliphatic heterocycles. The van der Waals surface area contributed by atoms with Gasteiger partial charge >= 0.3 is 0 Å². The number of rotatable bonds is 5. The van der Waals surface area contributed by atoms with Crippen molar-refractivity contribution in [3.63, 3.8) is 0 Å². The van der Waals surface area contributed by atoms with Gasteiger partial charge in [-0.2, -0.15) is 5.10 Å². The fraction of sp³-hybridized carbons (Fsp3) is 0.800. The van der Waals surface area contributed by atoms with Crippen LogP contribution < -0.4 is 5.32 Å². The molecule has 1 aromatic rings. The van der Waals surface area contributed by atoms with E-state index in [1.54, 1.807) is 0 Å². The Morgan fingerprint density at radius 3 is 2.89 bits per heavy atom. The average molecular weight is 247 g/mol. The molecule has 1 aromatic heterocycles. The zero-order chi connectivity index (χ0) is 12.5. The average Bonchev–Trinajstić information content (AvgIpc) is 3.05. The maximum absolute atomic E-state index is 4.29. The zero-order valence-corrected chi connectivity index (χ0v) is 11.6. The van der Waals surface area contributed by atoms with Crippen LogP contribution in [-0.2, 0) is 13.5 Å². The topological polar surface area (TPSA) is 29.9 Å². The lowest BCUT2D eigenvalue weighted by Crippen LogP contribution is -2.40. The summed E-state index contributed by atoms with van der Waals surface area (Å²) in [6.07, 6.45) is 11.3. The molecule has 1 heterocycles. The summed E-state index contributed by atoms with van der Waals surface area (Å²) in [5, 5.41) is 8.02. The van der Waals surface area contributed by atoms with Crippen LogP contribution in [0.4, 0.5) is 0 Å². The van der Waals surface area contributed by atoms with Crippen LogP contribution in [0.15, 0.2) is 12.4 Å². The van der Waals surface area contributed by atoms with Gasteiger partial charge in [-0.15, -0.1) is 0 Å². The lowest BCUT2D eigenvalue weighted by Gasteiger charge is -2.31. The van der Waals surface area contributed by atoms with Crippen LogP contribution in [0.1, 0.15) is 38.2 Å². The Morgan fingerprint density at radius 1 is 1.44 bits per heavy atom. The van der Waals surface area contributed by atoms with E-state index in [1.165, 1.54) is 31.2 Å². The first-order valence-electron chi connectivity index (χ1n) is 7.47. The molecule has 0 aromatic carbocycles. The minimum atomic E-state index is 0.662. The molecule has 0 amide bonds. The first-order chi connectivity index (χ1) is 8.76. The van der Waals surface area contributed by atoms with E-state index in [0.717, 1.165) is 30.7 Å². The minimum absolute atomic E-state index is 0.662. The largest absolute Gasteiger partial charge is 0.314 e. The van der Waals surface area contributed by atoms with Gasteiger partial charge in [-0.3, -0.25) is 4.68 Å². The third-order valence-electron chi connectivity index (χ3n) is 4.99. The zero-order valence-electron chi connectivity index (χ0n) is 11.6. The number of nitrogens with one attached hydrogen (secondary N) is 1. The fourth-order valence-electron chi connectivity index (χ4n) is 4.26. The van der Waals surface area contributed by atoms with Gasteiger partial charge in [0.15, 0.2) is 0 Å². The summed E-state index contributed by atoms with van der Waals surface area (Å²) in [5.41, 5.74) is 1.38. The van der Waals surface area contributed by atoms with Crippen LogP contribution >= 0.6 is 0 Å². The molecule has 18 heavy (non-hydrogen) atoms. The van der Waals surface area contributed by atoms with Crippen molar-refractivity contribution in [1.82, 2.24) is 15.1 Å².